The Kier molecular flexibility index (Phi) is 6.28. The number of hydrogen-bond acceptors (Lipinski definition) is 2. The van der Waals surface area contributed by atoms with Gasteiger partial charge in [0, 0.05) is 30.4 Å². The zero-order valence-corrected chi connectivity index (χ0v) is 11.1. The average Bonchev–Trinajstić information content (AvgIpc) is 2.78. The van der Waals surface area contributed by atoms with Crippen LogP contribution in [-0.2, 0) is 0 Å². The third-order valence-corrected chi connectivity index (χ3v) is 4.34. The van der Waals surface area contributed by atoms with Crippen LogP contribution < -0.4 is 5.32 Å². The molecule has 0 radical (unpaired) electrons. The van der Waals surface area contributed by atoms with Crippen molar-refractivity contribution in [2.75, 3.05) is 37.9 Å². The molecule has 0 aliphatic carbocycles. The Hall–Kier alpha value is 0.500. The number of nitrogens with one attached hydrogen (secondary N) is 1. The lowest BCUT2D eigenvalue weighted by atomic mass is 10.0. The quantitative estimate of drug-likeness (QED) is 0.700. The van der Waals surface area contributed by atoms with Crippen molar-refractivity contribution in [1.29, 1.82) is 0 Å². The van der Waals surface area contributed by atoms with Crippen molar-refractivity contribution in [1.82, 2.24) is 10.2 Å². The van der Waals surface area contributed by atoms with Gasteiger partial charge in [-0.15, -0.1) is 23.2 Å². The van der Waals surface area contributed by atoms with Crippen molar-refractivity contribution in [3.8, 4) is 0 Å². The summed E-state index contributed by atoms with van der Waals surface area (Å²) in [6.45, 7) is 6.75. The molecule has 0 aromatic heterocycles. The molecule has 0 atom stereocenters. The fourth-order valence-corrected chi connectivity index (χ4v) is 2.78. The maximum absolute atomic E-state index is 5.96. The third-order valence-electron chi connectivity index (χ3n) is 3.32. The monoisotopic (exact) mass is 252 g/mol. The summed E-state index contributed by atoms with van der Waals surface area (Å²) in [5.41, 5.74) is -0.0666. The van der Waals surface area contributed by atoms with Crippen LogP contribution in [0.4, 0.5) is 0 Å². The Morgan fingerprint density at radius 2 is 1.80 bits per heavy atom. The molecule has 4 heteroatoms. The number of alkyl halides is 2. The van der Waals surface area contributed by atoms with Crippen LogP contribution in [0.2, 0.25) is 0 Å². The number of nitrogens with zero attached hydrogens (tertiary/aromatic N) is 1. The first-order valence-corrected chi connectivity index (χ1v) is 6.92. The van der Waals surface area contributed by atoms with Crippen molar-refractivity contribution in [2.24, 2.45) is 0 Å². The second-order valence-electron chi connectivity index (χ2n) is 4.38. The van der Waals surface area contributed by atoms with E-state index in [9.17, 15) is 0 Å². The van der Waals surface area contributed by atoms with Crippen molar-refractivity contribution >= 4 is 23.2 Å². The first-order chi connectivity index (χ1) is 7.26. The number of hydrogen-bond donors (Lipinski definition) is 1. The van der Waals surface area contributed by atoms with Gasteiger partial charge in [-0.3, -0.25) is 0 Å². The summed E-state index contributed by atoms with van der Waals surface area (Å²) < 4.78 is 0. The molecule has 0 unspecified atom stereocenters. The minimum absolute atomic E-state index is 0.0666. The summed E-state index contributed by atoms with van der Waals surface area (Å²) in [4.78, 5) is 2.50. The molecule has 1 N–H and O–H groups in total. The van der Waals surface area contributed by atoms with Crippen LogP contribution in [0.15, 0.2) is 0 Å². The molecule has 1 saturated heterocycles. The first-order valence-electron chi connectivity index (χ1n) is 5.85. The molecule has 1 fully saturated rings. The summed E-state index contributed by atoms with van der Waals surface area (Å²) in [6.07, 6.45) is 3.69. The van der Waals surface area contributed by atoms with Crippen LogP contribution >= 0.6 is 23.2 Å². The van der Waals surface area contributed by atoms with Gasteiger partial charge >= 0.3 is 0 Å². The number of halogens is 2. The van der Waals surface area contributed by atoms with E-state index < -0.39 is 0 Å². The van der Waals surface area contributed by atoms with Crippen molar-refractivity contribution in [3.63, 3.8) is 0 Å². The van der Waals surface area contributed by atoms with Crippen LogP contribution in [-0.4, -0.2) is 48.4 Å². The smallest absolute Gasteiger partial charge is 0.0451 e. The van der Waals surface area contributed by atoms with Gasteiger partial charge in [-0.1, -0.05) is 6.92 Å². The van der Waals surface area contributed by atoms with E-state index in [1.165, 1.54) is 25.9 Å². The minimum atomic E-state index is -0.0666. The van der Waals surface area contributed by atoms with E-state index in [1.807, 2.05) is 0 Å². The minimum Gasteiger partial charge on any atom is -0.308 e. The normalized spacial score (nSPS) is 18.6. The second-order valence-corrected chi connectivity index (χ2v) is 4.91. The maximum Gasteiger partial charge on any atom is 0.0451 e. The molecule has 1 heterocycles. The molecular weight excluding hydrogens is 231 g/mol. The largest absolute Gasteiger partial charge is 0.308 e. The van der Waals surface area contributed by atoms with Crippen LogP contribution in [0.1, 0.15) is 26.2 Å². The topological polar surface area (TPSA) is 15.3 Å². The van der Waals surface area contributed by atoms with E-state index in [0.717, 1.165) is 19.5 Å². The van der Waals surface area contributed by atoms with E-state index in [0.29, 0.717) is 11.8 Å². The van der Waals surface area contributed by atoms with Crippen molar-refractivity contribution in [3.05, 3.63) is 0 Å². The first kappa shape index (κ1) is 13.6. The molecule has 1 aliphatic rings. The number of rotatable bonds is 7. The lowest BCUT2D eigenvalue weighted by Crippen LogP contribution is -2.50. The molecule has 1 rings (SSSR count). The molecule has 0 bridgehead atoms. The molecule has 0 aromatic carbocycles. The highest BCUT2D eigenvalue weighted by molar-refractivity contribution is 6.22. The Bertz CT molecular complexity index is 158. The van der Waals surface area contributed by atoms with Gasteiger partial charge in [-0.2, -0.15) is 0 Å². The molecule has 90 valence electrons. The SMILES string of the molecule is CCC(CCl)(CCl)NCCN1CCCC1. The van der Waals surface area contributed by atoms with Crippen molar-refractivity contribution in [2.45, 2.75) is 31.7 Å². The highest BCUT2D eigenvalue weighted by atomic mass is 35.5. The van der Waals surface area contributed by atoms with Crippen LogP contribution in [0.5, 0.6) is 0 Å². The Morgan fingerprint density at radius 1 is 1.20 bits per heavy atom. The second kappa shape index (κ2) is 6.95. The summed E-state index contributed by atoms with van der Waals surface area (Å²) in [6, 6.07) is 0. The zero-order chi connectivity index (χ0) is 11.1. The van der Waals surface area contributed by atoms with Gasteiger partial charge < -0.3 is 10.2 Å². The Balaban J connectivity index is 2.21. The van der Waals surface area contributed by atoms with Gasteiger partial charge in [0.1, 0.15) is 0 Å². The lowest BCUT2D eigenvalue weighted by molar-refractivity contribution is 0.303. The predicted octanol–water partition coefficient (Wildman–Crippen LogP) is 2.30. The van der Waals surface area contributed by atoms with Gasteiger partial charge in [0.15, 0.2) is 0 Å². The van der Waals surface area contributed by atoms with Crippen LogP contribution in [0, 0.1) is 0 Å². The van der Waals surface area contributed by atoms with Gasteiger partial charge in [0.05, 0.1) is 0 Å². The maximum atomic E-state index is 5.96. The highest BCUT2D eigenvalue weighted by Gasteiger charge is 2.25. The average molecular weight is 253 g/mol. The van der Waals surface area contributed by atoms with Crippen LogP contribution in [0.25, 0.3) is 0 Å². The van der Waals surface area contributed by atoms with Crippen molar-refractivity contribution < 1.29 is 0 Å². The Labute approximate surface area is 103 Å². The molecule has 15 heavy (non-hydrogen) atoms. The molecule has 0 saturated carbocycles. The van der Waals surface area contributed by atoms with Gasteiger partial charge in [0.25, 0.3) is 0 Å². The molecule has 0 amide bonds. The lowest BCUT2D eigenvalue weighted by Gasteiger charge is -2.30. The third kappa shape index (κ3) is 4.10. The summed E-state index contributed by atoms with van der Waals surface area (Å²) in [7, 11) is 0. The molecule has 1 aliphatic heterocycles. The summed E-state index contributed by atoms with van der Waals surface area (Å²) in [5.74, 6) is 1.18. The highest BCUT2D eigenvalue weighted by Crippen LogP contribution is 2.14. The van der Waals surface area contributed by atoms with Gasteiger partial charge in [-0.25, -0.2) is 0 Å². The summed E-state index contributed by atoms with van der Waals surface area (Å²) >= 11 is 11.9. The fourth-order valence-electron chi connectivity index (χ4n) is 1.93. The van der Waals surface area contributed by atoms with E-state index in [4.69, 9.17) is 23.2 Å². The molecule has 0 aromatic rings. The molecule has 0 spiro atoms. The Morgan fingerprint density at radius 3 is 2.27 bits per heavy atom. The van der Waals surface area contributed by atoms with E-state index >= 15 is 0 Å². The standard InChI is InChI=1S/C11H22Cl2N2/c1-2-11(9-12,10-13)14-5-8-15-6-3-4-7-15/h14H,2-10H2,1H3. The molecule has 2 nitrogen and oxygen atoms in total. The van der Waals surface area contributed by atoms with Gasteiger partial charge in [0.2, 0.25) is 0 Å². The fraction of sp³-hybridized carbons (Fsp3) is 1.00. The van der Waals surface area contributed by atoms with Gasteiger partial charge in [-0.05, 0) is 32.4 Å². The van der Waals surface area contributed by atoms with E-state index in [-0.39, 0.29) is 5.54 Å². The van der Waals surface area contributed by atoms with E-state index in [1.54, 1.807) is 0 Å². The zero-order valence-electron chi connectivity index (χ0n) is 9.57. The predicted molar refractivity (Wildman–Crippen MR) is 68.1 cm³/mol. The number of likely N-dealkylation sites (tertiary alicyclic amines) is 1. The summed E-state index contributed by atoms with van der Waals surface area (Å²) in [5, 5.41) is 3.50. The van der Waals surface area contributed by atoms with E-state index in [2.05, 4.69) is 17.1 Å². The van der Waals surface area contributed by atoms with Crippen LogP contribution in [0.3, 0.4) is 0 Å². The molecular formula is C11H22Cl2N2.